The molecular formula is C13H11NO3S. The minimum absolute atomic E-state index is 0.135. The van der Waals surface area contributed by atoms with Crippen LogP contribution in [-0.2, 0) is 4.79 Å². The average Bonchev–Trinajstić information content (AvgIpc) is 2.78. The minimum Gasteiger partial charge on any atom is -0.477 e. The molecule has 1 aromatic carbocycles. The second-order valence-electron chi connectivity index (χ2n) is 3.73. The van der Waals surface area contributed by atoms with Crippen LogP contribution < -0.4 is 5.32 Å². The zero-order chi connectivity index (χ0) is 13.1. The van der Waals surface area contributed by atoms with E-state index in [1.165, 1.54) is 18.3 Å². The number of carboxylic acid groups (broad SMARTS) is 1. The number of hydrogen-bond acceptors (Lipinski definition) is 3. The van der Waals surface area contributed by atoms with Crippen LogP contribution in [0.2, 0.25) is 0 Å². The van der Waals surface area contributed by atoms with Gasteiger partial charge >= 0.3 is 5.97 Å². The second kappa shape index (κ2) is 5.01. The van der Waals surface area contributed by atoms with Crippen LogP contribution in [0.25, 0.3) is 11.1 Å². The Balaban J connectivity index is 2.31. The Morgan fingerprint density at radius 2 is 1.83 bits per heavy atom. The van der Waals surface area contributed by atoms with Crippen molar-refractivity contribution in [1.29, 1.82) is 0 Å². The first-order valence-corrected chi connectivity index (χ1v) is 6.14. The molecule has 92 valence electrons. The molecule has 1 amide bonds. The predicted molar refractivity (Wildman–Crippen MR) is 71.0 cm³/mol. The quantitative estimate of drug-likeness (QED) is 0.892. The highest BCUT2D eigenvalue weighted by Gasteiger charge is 2.12. The van der Waals surface area contributed by atoms with Crippen LogP contribution in [0.3, 0.4) is 0 Å². The van der Waals surface area contributed by atoms with Crippen molar-refractivity contribution in [1.82, 2.24) is 0 Å². The van der Waals surface area contributed by atoms with Gasteiger partial charge in [0.15, 0.2) is 0 Å². The lowest BCUT2D eigenvalue weighted by Gasteiger charge is -2.04. The van der Waals surface area contributed by atoms with Gasteiger partial charge in [0.1, 0.15) is 4.88 Å². The highest BCUT2D eigenvalue weighted by atomic mass is 32.1. The van der Waals surface area contributed by atoms with E-state index >= 15 is 0 Å². The standard InChI is InChI=1S/C13H11NO3S/c1-8(15)14-10-4-2-9(3-5-10)11-6-7-18-12(11)13(16)17/h2-7H,1H3,(H,14,15)(H,16,17). The van der Waals surface area contributed by atoms with E-state index in [0.717, 1.165) is 5.56 Å². The summed E-state index contributed by atoms with van der Waals surface area (Å²) in [5, 5.41) is 13.5. The smallest absolute Gasteiger partial charge is 0.346 e. The highest BCUT2D eigenvalue weighted by Crippen LogP contribution is 2.29. The molecule has 0 atom stereocenters. The predicted octanol–water partition coefficient (Wildman–Crippen LogP) is 3.07. The molecule has 2 N–H and O–H groups in total. The fraction of sp³-hybridized carbons (Fsp3) is 0.0769. The van der Waals surface area contributed by atoms with Crippen molar-refractivity contribution in [2.24, 2.45) is 0 Å². The van der Waals surface area contributed by atoms with Crippen LogP contribution in [0.4, 0.5) is 5.69 Å². The number of hydrogen-bond donors (Lipinski definition) is 2. The van der Waals surface area contributed by atoms with Crippen molar-refractivity contribution in [2.75, 3.05) is 5.32 Å². The molecule has 5 heteroatoms. The van der Waals surface area contributed by atoms with Gasteiger partial charge in [0.25, 0.3) is 0 Å². The molecule has 0 aliphatic rings. The zero-order valence-corrected chi connectivity index (χ0v) is 10.5. The highest BCUT2D eigenvalue weighted by molar-refractivity contribution is 7.12. The van der Waals surface area contributed by atoms with E-state index < -0.39 is 5.97 Å². The van der Waals surface area contributed by atoms with E-state index in [0.29, 0.717) is 16.1 Å². The van der Waals surface area contributed by atoms with Gasteiger partial charge in [0.2, 0.25) is 5.91 Å². The first-order chi connectivity index (χ1) is 8.58. The number of nitrogens with one attached hydrogen (secondary N) is 1. The van der Waals surface area contributed by atoms with Gasteiger partial charge in [-0.2, -0.15) is 0 Å². The number of thiophene rings is 1. The van der Waals surface area contributed by atoms with Gasteiger partial charge in [-0.15, -0.1) is 11.3 Å². The largest absolute Gasteiger partial charge is 0.477 e. The molecule has 0 saturated heterocycles. The number of anilines is 1. The van der Waals surface area contributed by atoms with Crippen molar-refractivity contribution in [3.05, 3.63) is 40.6 Å². The van der Waals surface area contributed by atoms with Crippen LogP contribution >= 0.6 is 11.3 Å². The molecule has 0 aliphatic carbocycles. The zero-order valence-electron chi connectivity index (χ0n) is 9.64. The summed E-state index contributed by atoms with van der Waals surface area (Å²) in [6.45, 7) is 1.44. The third-order valence-corrected chi connectivity index (χ3v) is 3.28. The van der Waals surface area contributed by atoms with Gasteiger partial charge in [-0.25, -0.2) is 4.79 Å². The van der Waals surface area contributed by atoms with E-state index in [4.69, 9.17) is 5.11 Å². The summed E-state index contributed by atoms with van der Waals surface area (Å²) in [5.74, 6) is -1.06. The number of carbonyl (C=O) groups is 2. The van der Waals surface area contributed by atoms with Gasteiger partial charge in [0.05, 0.1) is 0 Å². The summed E-state index contributed by atoms with van der Waals surface area (Å²) in [6.07, 6.45) is 0. The molecule has 18 heavy (non-hydrogen) atoms. The van der Waals surface area contributed by atoms with Crippen LogP contribution in [0.15, 0.2) is 35.7 Å². The first kappa shape index (κ1) is 12.3. The molecule has 4 nitrogen and oxygen atoms in total. The molecule has 2 rings (SSSR count). The van der Waals surface area contributed by atoms with Crippen molar-refractivity contribution in [3.8, 4) is 11.1 Å². The Kier molecular flexibility index (Phi) is 3.43. The third kappa shape index (κ3) is 2.57. The normalized spacial score (nSPS) is 10.1. The van der Waals surface area contributed by atoms with E-state index in [-0.39, 0.29) is 5.91 Å². The third-order valence-electron chi connectivity index (χ3n) is 2.38. The second-order valence-corrected chi connectivity index (χ2v) is 4.64. The van der Waals surface area contributed by atoms with Crippen LogP contribution in [0.5, 0.6) is 0 Å². The summed E-state index contributed by atoms with van der Waals surface area (Å²) >= 11 is 1.20. The van der Waals surface area contributed by atoms with Gasteiger partial charge in [-0.3, -0.25) is 4.79 Å². The fourth-order valence-electron chi connectivity index (χ4n) is 1.64. The van der Waals surface area contributed by atoms with E-state index in [1.807, 2.05) is 0 Å². The Labute approximate surface area is 108 Å². The van der Waals surface area contributed by atoms with E-state index in [2.05, 4.69) is 5.32 Å². The van der Waals surface area contributed by atoms with Gasteiger partial charge in [0, 0.05) is 18.2 Å². The first-order valence-electron chi connectivity index (χ1n) is 5.27. The van der Waals surface area contributed by atoms with Crippen molar-refractivity contribution in [3.63, 3.8) is 0 Å². The average molecular weight is 261 g/mol. The number of rotatable bonds is 3. The molecule has 0 radical (unpaired) electrons. The molecule has 0 aliphatic heterocycles. The van der Waals surface area contributed by atoms with Gasteiger partial charge < -0.3 is 10.4 Å². The maximum Gasteiger partial charge on any atom is 0.346 e. The molecule has 0 fully saturated rings. The van der Waals surface area contributed by atoms with Crippen molar-refractivity contribution < 1.29 is 14.7 Å². The Bertz CT molecular complexity index is 587. The van der Waals surface area contributed by atoms with Gasteiger partial charge in [-0.1, -0.05) is 12.1 Å². The van der Waals surface area contributed by atoms with Crippen LogP contribution in [0, 0.1) is 0 Å². The summed E-state index contributed by atoms with van der Waals surface area (Å²) in [4.78, 5) is 22.2. The van der Waals surface area contributed by atoms with E-state index in [9.17, 15) is 9.59 Å². The van der Waals surface area contributed by atoms with Crippen LogP contribution in [0.1, 0.15) is 16.6 Å². The number of aromatic carboxylic acids is 1. The number of benzene rings is 1. The Morgan fingerprint density at radius 3 is 2.39 bits per heavy atom. The number of carbonyl (C=O) groups excluding carboxylic acids is 1. The SMILES string of the molecule is CC(=O)Nc1ccc(-c2ccsc2C(=O)O)cc1. The van der Waals surface area contributed by atoms with Crippen molar-refractivity contribution in [2.45, 2.75) is 6.92 Å². The Morgan fingerprint density at radius 1 is 1.17 bits per heavy atom. The molecular weight excluding hydrogens is 250 g/mol. The van der Waals surface area contributed by atoms with Crippen LogP contribution in [-0.4, -0.2) is 17.0 Å². The topological polar surface area (TPSA) is 66.4 Å². The van der Waals surface area contributed by atoms with Gasteiger partial charge in [-0.05, 0) is 29.1 Å². The number of carboxylic acids is 1. The summed E-state index contributed by atoms with van der Waals surface area (Å²) < 4.78 is 0. The molecule has 2 aromatic rings. The lowest BCUT2D eigenvalue weighted by atomic mass is 10.1. The number of amides is 1. The van der Waals surface area contributed by atoms with Crippen molar-refractivity contribution >= 4 is 28.9 Å². The minimum atomic E-state index is -0.925. The molecule has 0 bridgehead atoms. The molecule has 0 saturated carbocycles. The molecule has 1 aromatic heterocycles. The molecule has 0 spiro atoms. The Hall–Kier alpha value is -2.14. The van der Waals surface area contributed by atoms with E-state index in [1.54, 1.807) is 35.7 Å². The lowest BCUT2D eigenvalue weighted by molar-refractivity contribution is -0.114. The molecule has 0 unspecified atom stereocenters. The maximum absolute atomic E-state index is 11.0. The summed E-state index contributed by atoms with van der Waals surface area (Å²) in [5.41, 5.74) is 2.21. The lowest BCUT2D eigenvalue weighted by Crippen LogP contribution is -2.05. The maximum atomic E-state index is 11.0. The fourth-order valence-corrected chi connectivity index (χ4v) is 2.39. The molecule has 1 heterocycles. The summed E-state index contributed by atoms with van der Waals surface area (Å²) in [6, 6.07) is 8.86. The monoisotopic (exact) mass is 261 g/mol. The summed E-state index contributed by atoms with van der Waals surface area (Å²) in [7, 11) is 0.